The molecule has 3 atom stereocenters. The van der Waals surface area contributed by atoms with E-state index in [0.717, 1.165) is 0 Å². The van der Waals surface area contributed by atoms with Crippen LogP contribution < -0.4 is 5.73 Å². The Hall–Kier alpha value is -0.610. The molecule has 0 spiro atoms. The van der Waals surface area contributed by atoms with Gasteiger partial charge in [-0.1, -0.05) is 6.92 Å². The summed E-state index contributed by atoms with van der Waals surface area (Å²) in [6, 6.07) is 0.108. The number of nitrogens with two attached hydrogens (primary N) is 1. The van der Waals surface area contributed by atoms with Gasteiger partial charge in [0.15, 0.2) is 0 Å². The highest BCUT2D eigenvalue weighted by Crippen LogP contribution is 2.17. The largest absolute Gasteiger partial charge is 0.380 e. The van der Waals surface area contributed by atoms with Crippen LogP contribution >= 0.6 is 0 Å². The fourth-order valence-electron chi connectivity index (χ4n) is 1.65. The number of hydrogen-bond acceptors (Lipinski definition) is 3. The molecule has 2 N–H and O–H groups in total. The first-order valence-corrected chi connectivity index (χ1v) is 5.10. The number of nitrogens with zero attached hydrogens (tertiary/aromatic N) is 1. The minimum atomic E-state index is 0.0829. The first-order valence-electron chi connectivity index (χ1n) is 5.10. The number of methoxy groups -OCH3 is 1. The van der Waals surface area contributed by atoms with Gasteiger partial charge in [0.05, 0.1) is 6.10 Å². The van der Waals surface area contributed by atoms with E-state index in [9.17, 15) is 4.79 Å². The van der Waals surface area contributed by atoms with Crippen molar-refractivity contribution in [3.63, 3.8) is 0 Å². The van der Waals surface area contributed by atoms with E-state index in [-0.39, 0.29) is 18.1 Å². The van der Waals surface area contributed by atoms with Crippen LogP contribution in [-0.4, -0.2) is 43.2 Å². The summed E-state index contributed by atoms with van der Waals surface area (Å²) in [6.45, 7) is 5.29. The van der Waals surface area contributed by atoms with Crippen LogP contribution in [0.25, 0.3) is 0 Å². The monoisotopic (exact) mass is 200 g/mol. The van der Waals surface area contributed by atoms with Crippen molar-refractivity contribution in [3.05, 3.63) is 0 Å². The van der Waals surface area contributed by atoms with Crippen LogP contribution in [0, 0.1) is 5.92 Å². The van der Waals surface area contributed by atoms with Gasteiger partial charge in [0, 0.05) is 32.7 Å². The molecule has 0 aromatic rings. The van der Waals surface area contributed by atoms with Crippen molar-refractivity contribution in [2.45, 2.75) is 32.4 Å². The average molecular weight is 200 g/mol. The zero-order valence-corrected chi connectivity index (χ0v) is 9.19. The molecular formula is C10H20N2O2. The topological polar surface area (TPSA) is 55.6 Å². The summed E-state index contributed by atoms with van der Waals surface area (Å²) in [4.78, 5) is 13.4. The molecule has 0 aromatic heterocycles. The van der Waals surface area contributed by atoms with Gasteiger partial charge in [0.25, 0.3) is 0 Å². The van der Waals surface area contributed by atoms with Gasteiger partial charge in [-0.25, -0.2) is 0 Å². The van der Waals surface area contributed by atoms with Crippen molar-refractivity contribution in [3.8, 4) is 0 Å². The Balaban J connectivity index is 2.49. The number of carbonyl (C=O) groups excluding carboxylic acids is 1. The Bertz CT molecular complexity index is 206. The van der Waals surface area contributed by atoms with Crippen LogP contribution in [0.4, 0.5) is 0 Å². The van der Waals surface area contributed by atoms with Crippen LogP contribution in [-0.2, 0) is 9.53 Å². The maximum Gasteiger partial charge on any atom is 0.223 e. The first-order chi connectivity index (χ1) is 6.54. The number of rotatable bonds is 3. The van der Waals surface area contributed by atoms with Crippen LogP contribution in [0.2, 0.25) is 0 Å². The van der Waals surface area contributed by atoms with E-state index in [1.54, 1.807) is 12.0 Å². The van der Waals surface area contributed by atoms with Crippen LogP contribution in [0.15, 0.2) is 0 Å². The normalized spacial score (nSPS) is 30.6. The smallest absolute Gasteiger partial charge is 0.223 e. The standard InChI is InChI=1S/C10H20N2O2/c1-7-4-10(13)12(6-9(7)11)5-8(2)14-3/h7-9H,4-6,11H2,1-3H3. The van der Waals surface area contributed by atoms with Gasteiger partial charge in [-0.2, -0.15) is 0 Å². The molecule has 0 bridgehead atoms. The highest BCUT2D eigenvalue weighted by Gasteiger charge is 2.29. The van der Waals surface area contributed by atoms with E-state index < -0.39 is 0 Å². The molecule has 1 rings (SSSR count). The number of amides is 1. The number of ether oxygens (including phenoxy) is 1. The molecule has 1 heterocycles. The molecule has 82 valence electrons. The predicted octanol–water partition coefficient (Wildman–Crippen LogP) is 0.217. The molecule has 3 unspecified atom stereocenters. The van der Waals surface area contributed by atoms with Crippen molar-refractivity contribution < 1.29 is 9.53 Å². The molecule has 4 heteroatoms. The van der Waals surface area contributed by atoms with Crippen molar-refractivity contribution in [1.82, 2.24) is 4.90 Å². The maximum atomic E-state index is 11.6. The van der Waals surface area contributed by atoms with E-state index in [0.29, 0.717) is 25.4 Å². The number of carbonyl (C=O) groups is 1. The molecule has 0 aliphatic carbocycles. The zero-order valence-electron chi connectivity index (χ0n) is 9.19. The summed E-state index contributed by atoms with van der Waals surface area (Å²) >= 11 is 0. The Morgan fingerprint density at radius 1 is 1.71 bits per heavy atom. The third-order valence-corrected chi connectivity index (χ3v) is 2.89. The highest BCUT2D eigenvalue weighted by atomic mass is 16.5. The SMILES string of the molecule is COC(C)CN1CC(N)C(C)CC1=O. The number of likely N-dealkylation sites (tertiary alicyclic amines) is 1. The lowest BCUT2D eigenvalue weighted by atomic mass is 9.93. The second-order valence-electron chi connectivity index (χ2n) is 4.19. The Labute approximate surface area is 85.4 Å². The summed E-state index contributed by atoms with van der Waals surface area (Å²) < 4.78 is 5.13. The van der Waals surface area contributed by atoms with Gasteiger partial charge in [0.1, 0.15) is 0 Å². The van der Waals surface area contributed by atoms with E-state index in [4.69, 9.17) is 10.5 Å². The Kier molecular flexibility index (Phi) is 3.89. The molecular weight excluding hydrogens is 180 g/mol. The predicted molar refractivity (Wildman–Crippen MR) is 54.8 cm³/mol. The molecule has 1 aliphatic heterocycles. The van der Waals surface area contributed by atoms with E-state index in [1.165, 1.54) is 0 Å². The molecule has 0 radical (unpaired) electrons. The Morgan fingerprint density at radius 2 is 2.36 bits per heavy atom. The number of piperidine rings is 1. The minimum Gasteiger partial charge on any atom is -0.380 e. The van der Waals surface area contributed by atoms with Crippen LogP contribution in [0.1, 0.15) is 20.3 Å². The molecule has 1 fully saturated rings. The van der Waals surface area contributed by atoms with Gasteiger partial charge in [-0.3, -0.25) is 4.79 Å². The molecule has 0 aromatic carbocycles. The summed E-state index contributed by atoms with van der Waals surface area (Å²) in [5.74, 6) is 0.500. The zero-order chi connectivity index (χ0) is 10.7. The van der Waals surface area contributed by atoms with Crippen molar-refractivity contribution in [1.29, 1.82) is 0 Å². The molecule has 1 amide bonds. The molecule has 4 nitrogen and oxygen atoms in total. The quantitative estimate of drug-likeness (QED) is 0.709. The van der Waals surface area contributed by atoms with Crippen LogP contribution in [0.5, 0.6) is 0 Å². The van der Waals surface area contributed by atoms with Crippen LogP contribution in [0.3, 0.4) is 0 Å². The van der Waals surface area contributed by atoms with E-state index in [2.05, 4.69) is 0 Å². The summed E-state index contributed by atoms with van der Waals surface area (Å²) in [7, 11) is 1.65. The second-order valence-corrected chi connectivity index (χ2v) is 4.19. The summed E-state index contributed by atoms with van der Waals surface area (Å²) in [5, 5.41) is 0. The second kappa shape index (κ2) is 4.75. The average Bonchev–Trinajstić information content (AvgIpc) is 2.14. The maximum absolute atomic E-state index is 11.6. The van der Waals surface area contributed by atoms with Crippen molar-refractivity contribution in [2.24, 2.45) is 11.7 Å². The van der Waals surface area contributed by atoms with E-state index in [1.807, 2.05) is 13.8 Å². The fraction of sp³-hybridized carbons (Fsp3) is 0.900. The summed E-state index contributed by atoms with van der Waals surface area (Å²) in [5.41, 5.74) is 5.91. The van der Waals surface area contributed by atoms with Gasteiger partial charge in [0.2, 0.25) is 5.91 Å². The fourth-order valence-corrected chi connectivity index (χ4v) is 1.65. The lowest BCUT2D eigenvalue weighted by molar-refractivity contribution is -0.137. The lowest BCUT2D eigenvalue weighted by Gasteiger charge is -2.35. The minimum absolute atomic E-state index is 0.0829. The van der Waals surface area contributed by atoms with Gasteiger partial charge in [-0.15, -0.1) is 0 Å². The molecule has 0 saturated carbocycles. The van der Waals surface area contributed by atoms with Gasteiger partial charge < -0.3 is 15.4 Å². The third kappa shape index (κ3) is 2.69. The first kappa shape index (κ1) is 11.5. The Morgan fingerprint density at radius 3 is 2.93 bits per heavy atom. The van der Waals surface area contributed by atoms with E-state index >= 15 is 0 Å². The summed E-state index contributed by atoms with van der Waals surface area (Å²) in [6.07, 6.45) is 0.650. The highest BCUT2D eigenvalue weighted by molar-refractivity contribution is 5.77. The lowest BCUT2D eigenvalue weighted by Crippen LogP contribution is -2.52. The third-order valence-electron chi connectivity index (χ3n) is 2.89. The molecule has 1 aliphatic rings. The van der Waals surface area contributed by atoms with Gasteiger partial charge in [-0.05, 0) is 12.8 Å². The van der Waals surface area contributed by atoms with Gasteiger partial charge >= 0.3 is 0 Å². The molecule has 14 heavy (non-hydrogen) atoms. The van der Waals surface area contributed by atoms with Crippen molar-refractivity contribution >= 4 is 5.91 Å². The van der Waals surface area contributed by atoms with Crippen molar-refractivity contribution in [2.75, 3.05) is 20.2 Å². The molecule has 1 saturated heterocycles. The number of hydrogen-bond donors (Lipinski definition) is 1.